The van der Waals surface area contributed by atoms with E-state index in [-0.39, 0.29) is 29.6 Å². The quantitative estimate of drug-likeness (QED) is 0.374. The van der Waals surface area contributed by atoms with Crippen molar-refractivity contribution in [3.8, 4) is 17.2 Å². The molecule has 3 aromatic rings. The predicted octanol–water partition coefficient (Wildman–Crippen LogP) is 4.38. The summed E-state index contributed by atoms with van der Waals surface area (Å²) in [6, 6.07) is 19.7. The fourth-order valence-electron chi connectivity index (χ4n) is 6.46. The van der Waals surface area contributed by atoms with Gasteiger partial charge in [-0.2, -0.15) is 0 Å². The number of aliphatic hydroxyl groups excluding tert-OH is 1. The number of fused-ring (bicyclic) bond motifs is 1. The summed E-state index contributed by atoms with van der Waals surface area (Å²) in [6.45, 7) is 2.79. The Kier molecular flexibility index (Phi) is 8.07. The van der Waals surface area contributed by atoms with E-state index < -0.39 is 11.7 Å². The van der Waals surface area contributed by atoms with Crippen LogP contribution < -0.4 is 9.47 Å². The third-order valence-corrected chi connectivity index (χ3v) is 9.15. The van der Waals surface area contributed by atoms with Gasteiger partial charge in [0.1, 0.15) is 35.6 Å². The standard InChI is InChI=1S/C33H37ClN2O6/c34-25-6-9-29-23(18-25)20-32(42-29)10-14-35(15-11-32)21-27(38)22-41-30-19-26(37)7-8-28(30)31(39)36-16-12-33(40,13-17-36)24-4-2-1-3-5-24/h1-9,18-19,27,37-38,40H,10-17,20-22H2/t27-/m1/s1. The molecule has 0 saturated carbocycles. The van der Waals surface area contributed by atoms with Crippen molar-refractivity contribution in [3.63, 3.8) is 0 Å². The molecule has 42 heavy (non-hydrogen) atoms. The molecule has 222 valence electrons. The molecule has 3 aliphatic heterocycles. The number of halogens is 1. The van der Waals surface area contributed by atoms with Crippen molar-refractivity contribution in [1.82, 2.24) is 9.80 Å². The molecule has 2 fully saturated rings. The Morgan fingerprint density at radius 3 is 2.45 bits per heavy atom. The first-order valence-corrected chi connectivity index (χ1v) is 15.0. The van der Waals surface area contributed by atoms with Gasteiger partial charge in [-0.1, -0.05) is 41.9 Å². The third kappa shape index (κ3) is 6.08. The molecule has 0 bridgehead atoms. The van der Waals surface area contributed by atoms with E-state index >= 15 is 0 Å². The van der Waals surface area contributed by atoms with Crippen LogP contribution in [0, 0.1) is 0 Å². The van der Waals surface area contributed by atoms with Crippen LogP contribution in [0.1, 0.15) is 47.2 Å². The largest absolute Gasteiger partial charge is 0.508 e. The zero-order chi connectivity index (χ0) is 29.3. The number of carbonyl (C=O) groups is 1. The summed E-state index contributed by atoms with van der Waals surface area (Å²) < 4.78 is 12.3. The predicted molar refractivity (Wildman–Crippen MR) is 159 cm³/mol. The van der Waals surface area contributed by atoms with E-state index in [1.165, 1.54) is 12.1 Å². The molecule has 0 unspecified atom stereocenters. The maximum atomic E-state index is 13.5. The number of nitrogens with zero attached hydrogens (tertiary/aromatic N) is 2. The molecule has 3 aromatic carbocycles. The van der Waals surface area contributed by atoms with Gasteiger partial charge in [0.15, 0.2) is 0 Å². The van der Waals surface area contributed by atoms with E-state index in [1.807, 2.05) is 48.5 Å². The van der Waals surface area contributed by atoms with E-state index in [0.717, 1.165) is 54.3 Å². The Morgan fingerprint density at radius 1 is 0.976 bits per heavy atom. The number of hydrogen-bond acceptors (Lipinski definition) is 7. The van der Waals surface area contributed by atoms with Crippen molar-refractivity contribution in [2.24, 2.45) is 0 Å². The molecule has 1 spiro atoms. The molecule has 1 atom stereocenters. The number of ether oxygens (including phenoxy) is 2. The molecule has 2 saturated heterocycles. The maximum absolute atomic E-state index is 13.5. The van der Waals surface area contributed by atoms with Crippen LogP contribution >= 0.6 is 11.6 Å². The number of carbonyl (C=O) groups excluding carboxylic acids is 1. The van der Waals surface area contributed by atoms with Gasteiger partial charge < -0.3 is 34.6 Å². The summed E-state index contributed by atoms with van der Waals surface area (Å²) in [5, 5.41) is 32.8. The first kappa shape index (κ1) is 28.8. The highest BCUT2D eigenvalue weighted by atomic mass is 35.5. The van der Waals surface area contributed by atoms with Crippen LogP contribution in [-0.4, -0.2) is 82.1 Å². The van der Waals surface area contributed by atoms with Crippen molar-refractivity contribution in [3.05, 3.63) is 88.4 Å². The zero-order valence-corrected chi connectivity index (χ0v) is 24.3. The summed E-state index contributed by atoms with van der Waals surface area (Å²) >= 11 is 6.16. The van der Waals surface area contributed by atoms with Gasteiger partial charge in [-0.15, -0.1) is 0 Å². The van der Waals surface area contributed by atoms with E-state index in [2.05, 4.69) is 4.90 Å². The third-order valence-electron chi connectivity index (χ3n) is 8.91. The van der Waals surface area contributed by atoms with Crippen LogP contribution in [0.4, 0.5) is 0 Å². The van der Waals surface area contributed by atoms with Crippen LogP contribution in [0.3, 0.4) is 0 Å². The monoisotopic (exact) mass is 592 g/mol. The van der Waals surface area contributed by atoms with E-state index in [1.54, 1.807) is 11.0 Å². The fourth-order valence-corrected chi connectivity index (χ4v) is 6.65. The molecule has 0 aromatic heterocycles. The lowest BCUT2D eigenvalue weighted by Crippen LogP contribution is -2.49. The summed E-state index contributed by atoms with van der Waals surface area (Å²) in [4.78, 5) is 17.4. The van der Waals surface area contributed by atoms with Crippen LogP contribution in [0.15, 0.2) is 66.7 Å². The second-order valence-electron chi connectivity index (χ2n) is 11.8. The summed E-state index contributed by atoms with van der Waals surface area (Å²) in [5.74, 6) is 0.897. The highest BCUT2D eigenvalue weighted by Crippen LogP contribution is 2.42. The Balaban J connectivity index is 1.02. The normalized spacial score (nSPS) is 20.1. The number of β-amino-alcohol motifs (C(OH)–C–C–N with tert-alkyl or cyclic N) is 1. The lowest BCUT2D eigenvalue weighted by atomic mass is 9.84. The number of likely N-dealkylation sites (tertiary alicyclic amines) is 2. The lowest BCUT2D eigenvalue weighted by Gasteiger charge is -2.39. The lowest BCUT2D eigenvalue weighted by molar-refractivity contribution is -0.0212. The van der Waals surface area contributed by atoms with Gasteiger partial charge in [0.25, 0.3) is 5.91 Å². The Hall–Kier alpha value is -3.30. The van der Waals surface area contributed by atoms with Gasteiger partial charge in [0, 0.05) is 63.1 Å². The van der Waals surface area contributed by atoms with E-state index in [9.17, 15) is 20.1 Å². The molecule has 8 nitrogen and oxygen atoms in total. The molecule has 3 heterocycles. The van der Waals surface area contributed by atoms with Crippen LogP contribution in [0.25, 0.3) is 0 Å². The van der Waals surface area contributed by atoms with Crippen molar-refractivity contribution >= 4 is 17.5 Å². The summed E-state index contributed by atoms with van der Waals surface area (Å²) in [5.41, 5.74) is 1.15. The van der Waals surface area contributed by atoms with Crippen molar-refractivity contribution in [1.29, 1.82) is 0 Å². The number of rotatable bonds is 7. The van der Waals surface area contributed by atoms with Gasteiger partial charge in [0.2, 0.25) is 0 Å². The summed E-state index contributed by atoms with van der Waals surface area (Å²) in [6.07, 6.45) is 2.63. The number of hydrogen-bond donors (Lipinski definition) is 3. The van der Waals surface area contributed by atoms with Crippen LogP contribution in [0.2, 0.25) is 5.02 Å². The summed E-state index contributed by atoms with van der Waals surface area (Å²) in [7, 11) is 0. The average molecular weight is 593 g/mol. The van der Waals surface area contributed by atoms with Gasteiger partial charge in [-0.25, -0.2) is 0 Å². The number of phenols is 1. The van der Waals surface area contributed by atoms with E-state index in [0.29, 0.717) is 38.0 Å². The molecule has 9 heteroatoms. The SMILES string of the molecule is O=C(c1ccc(O)cc1OC[C@H](O)CN1CCC2(CC1)Cc1cc(Cl)ccc1O2)N1CCC(O)(c2ccccc2)CC1. The number of benzene rings is 3. The molecule has 3 aliphatic rings. The Bertz CT molecular complexity index is 1420. The smallest absolute Gasteiger partial charge is 0.257 e. The molecule has 3 N–H and O–H groups in total. The maximum Gasteiger partial charge on any atom is 0.257 e. The van der Waals surface area contributed by atoms with Crippen LogP contribution in [-0.2, 0) is 12.0 Å². The second-order valence-corrected chi connectivity index (χ2v) is 12.3. The highest BCUT2D eigenvalue weighted by Gasteiger charge is 2.42. The van der Waals surface area contributed by atoms with Gasteiger partial charge >= 0.3 is 0 Å². The number of aromatic hydroxyl groups is 1. The highest BCUT2D eigenvalue weighted by molar-refractivity contribution is 6.30. The first-order chi connectivity index (χ1) is 20.2. The Labute approximate surface area is 251 Å². The molecule has 0 aliphatic carbocycles. The van der Waals surface area contributed by atoms with E-state index in [4.69, 9.17) is 21.1 Å². The number of aliphatic hydroxyl groups is 2. The molecular weight excluding hydrogens is 556 g/mol. The van der Waals surface area contributed by atoms with Gasteiger partial charge in [0.05, 0.1) is 11.2 Å². The fraction of sp³-hybridized carbons (Fsp3) is 0.424. The number of amides is 1. The zero-order valence-electron chi connectivity index (χ0n) is 23.5. The van der Waals surface area contributed by atoms with Crippen LogP contribution in [0.5, 0.6) is 17.2 Å². The molecule has 6 rings (SSSR count). The minimum absolute atomic E-state index is 0.0143. The molecular formula is C33H37ClN2O6. The van der Waals surface area contributed by atoms with Crippen molar-refractivity contribution < 1.29 is 29.6 Å². The minimum atomic E-state index is -0.966. The van der Waals surface area contributed by atoms with Crippen molar-refractivity contribution in [2.45, 2.75) is 49.4 Å². The second kappa shape index (κ2) is 11.8. The van der Waals surface area contributed by atoms with Gasteiger partial charge in [-0.3, -0.25) is 4.79 Å². The van der Waals surface area contributed by atoms with Gasteiger partial charge in [-0.05, 0) is 54.3 Å². The minimum Gasteiger partial charge on any atom is -0.508 e. The molecule has 1 amide bonds. The topological polar surface area (TPSA) is 103 Å². The average Bonchev–Trinajstić information content (AvgIpc) is 3.35. The number of phenolic OH excluding ortho intramolecular Hbond substituents is 1. The Morgan fingerprint density at radius 2 is 1.71 bits per heavy atom. The molecule has 0 radical (unpaired) electrons. The van der Waals surface area contributed by atoms with Crippen molar-refractivity contribution in [2.75, 3.05) is 39.3 Å². The number of piperidine rings is 2. The first-order valence-electron chi connectivity index (χ1n) is 14.6.